The summed E-state index contributed by atoms with van der Waals surface area (Å²) in [5.74, 6) is 0.850. The van der Waals surface area contributed by atoms with Crippen molar-refractivity contribution in [2.75, 3.05) is 7.05 Å². The molecule has 2 rings (SSSR count). The summed E-state index contributed by atoms with van der Waals surface area (Å²) in [4.78, 5) is 38.5. The van der Waals surface area contributed by atoms with Crippen LogP contribution in [0.4, 0.5) is 0 Å². The summed E-state index contributed by atoms with van der Waals surface area (Å²) in [5, 5.41) is 2.76. The monoisotopic (exact) mass is 397 g/mol. The molecule has 6 heteroatoms. The van der Waals surface area contributed by atoms with Crippen molar-refractivity contribution in [2.24, 2.45) is 16.7 Å². The van der Waals surface area contributed by atoms with E-state index in [4.69, 9.17) is 0 Å². The van der Waals surface area contributed by atoms with E-state index in [1.807, 2.05) is 53.4 Å². The summed E-state index contributed by atoms with van der Waals surface area (Å²) in [6.07, 6.45) is 0. The van der Waals surface area contributed by atoms with E-state index in [9.17, 15) is 14.4 Å². The molecule has 0 spiro atoms. The number of nitrogens with zero attached hydrogens (tertiary/aromatic N) is 2. The van der Waals surface area contributed by atoms with Crippen LogP contribution in [0.15, 0.2) is 0 Å². The molecule has 0 radical (unpaired) electrons. The van der Waals surface area contributed by atoms with E-state index in [1.54, 1.807) is 11.9 Å². The third-order valence-electron chi connectivity index (χ3n) is 5.95. The zero-order valence-corrected chi connectivity index (χ0v) is 19.0. The SMILES string of the molecule is C.CC1C(C)N(C(=O)C(C)(C)C)C1C.CC1C(NC(=O)C(C)(C)C)C(=O)N1C. The van der Waals surface area contributed by atoms with Gasteiger partial charge in [0.2, 0.25) is 17.7 Å². The molecule has 4 atom stereocenters. The molecule has 0 aromatic rings. The number of rotatable bonds is 1. The fourth-order valence-electron chi connectivity index (χ4n) is 3.24. The largest absolute Gasteiger partial charge is 0.342 e. The van der Waals surface area contributed by atoms with Crippen molar-refractivity contribution < 1.29 is 14.4 Å². The molecule has 28 heavy (non-hydrogen) atoms. The van der Waals surface area contributed by atoms with Crippen LogP contribution in [-0.4, -0.2) is 58.7 Å². The minimum absolute atomic E-state index is 0. The summed E-state index contributed by atoms with van der Waals surface area (Å²) in [5.41, 5.74) is -0.670. The molecule has 164 valence electrons. The van der Waals surface area contributed by atoms with Crippen molar-refractivity contribution >= 4 is 17.7 Å². The van der Waals surface area contributed by atoms with Gasteiger partial charge in [0.1, 0.15) is 6.04 Å². The molecule has 0 aromatic carbocycles. The summed E-state index contributed by atoms with van der Waals surface area (Å²) >= 11 is 0. The summed E-state index contributed by atoms with van der Waals surface area (Å²) in [7, 11) is 1.74. The van der Waals surface area contributed by atoms with Gasteiger partial charge in [0.25, 0.3) is 0 Å². The van der Waals surface area contributed by atoms with Crippen molar-refractivity contribution in [3.8, 4) is 0 Å². The van der Waals surface area contributed by atoms with Gasteiger partial charge in [-0.05, 0) is 26.7 Å². The van der Waals surface area contributed by atoms with Gasteiger partial charge in [0, 0.05) is 30.0 Å². The Morgan fingerprint density at radius 3 is 1.61 bits per heavy atom. The van der Waals surface area contributed by atoms with Crippen LogP contribution in [0.25, 0.3) is 0 Å². The van der Waals surface area contributed by atoms with Gasteiger partial charge in [0.05, 0.1) is 6.04 Å². The van der Waals surface area contributed by atoms with Gasteiger partial charge in [-0.15, -0.1) is 0 Å². The lowest BCUT2D eigenvalue weighted by atomic mass is 9.80. The van der Waals surface area contributed by atoms with Crippen molar-refractivity contribution in [1.82, 2.24) is 15.1 Å². The van der Waals surface area contributed by atoms with Gasteiger partial charge < -0.3 is 15.1 Å². The standard InChI is InChI=1S/C11H21NO.C10H18N2O2.CH4/c1-7-8(2)12(9(7)3)10(13)11(4,5)6;1-6-7(8(13)12(6)5)11-9(14)10(2,3)4;/h7-9H,1-6H3;6-7H,1-5H3,(H,11,14);1H4. The van der Waals surface area contributed by atoms with E-state index in [0.717, 1.165) is 0 Å². The predicted molar refractivity (Wildman–Crippen MR) is 115 cm³/mol. The minimum Gasteiger partial charge on any atom is -0.342 e. The molecule has 0 aliphatic carbocycles. The lowest BCUT2D eigenvalue weighted by Gasteiger charge is -2.53. The Labute approximate surface area is 172 Å². The van der Waals surface area contributed by atoms with Crippen LogP contribution >= 0.6 is 0 Å². The third-order valence-corrected chi connectivity index (χ3v) is 5.95. The Morgan fingerprint density at radius 1 is 0.857 bits per heavy atom. The van der Waals surface area contributed by atoms with Gasteiger partial charge in [-0.3, -0.25) is 14.4 Å². The van der Waals surface area contributed by atoms with Gasteiger partial charge in [-0.25, -0.2) is 0 Å². The van der Waals surface area contributed by atoms with Crippen molar-refractivity contribution in [3.05, 3.63) is 0 Å². The number of β-lactam (4-membered cyclic amide) rings is 1. The second-order valence-corrected chi connectivity index (χ2v) is 10.2. The molecule has 0 aromatic heterocycles. The first-order valence-corrected chi connectivity index (χ1v) is 9.92. The van der Waals surface area contributed by atoms with Crippen LogP contribution in [0, 0.1) is 16.7 Å². The zero-order chi connectivity index (χ0) is 21.5. The number of carbonyl (C=O) groups excluding carboxylic acids is 3. The Bertz CT molecular complexity index is 579. The summed E-state index contributed by atoms with van der Waals surface area (Å²) < 4.78 is 0. The van der Waals surface area contributed by atoms with Gasteiger partial charge in [-0.2, -0.15) is 0 Å². The molecule has 4 unspecified atom stereocenters. The lowest BCUT2D eigenvalue weighted by Crippen LogP contribution is -2.68. The Kier molecular flexibility index (Phi) is 8.33. The van der Waals surface area contributed by atoms with Gasteiger partial charge in [-0.1, -0.05) is 55.9 Å². The molecule has 2 aliphatic rings. The van der Waals surface area contributed by atoms with Crippen LogP contribution in [0.5, 0.6) is 0 Å². The predicted octanol–water partition coefficient (Wildman–Crippen LogP) is 3.30. The van der Waals surface area contributed by atoms with E-state index in [-0.39, 0.29) is 42.6 Å². The number of likely N-dealkylation sites (N-methyl/N-ethyl adjacent to an activating group) is 1. The van der Waals surface area contributed by atoms with Crippen LogP contribution in [0.3, 0.4) is 0 Å². The number of amides is 3. The fourth-order valence-corrected chi connectivity index (χ4v) is 3.24. The molecule has 1 N–H and O–H groups in total. The molecule has 2 fully saturated rings. The quantitative estimate of drug-likeness (QED) is 0.690. The molecule has 2 saturated heterocycles. The molecule has 0 bridgehead atoms. The topological polar surface area (TPSA) is 69.7 Å². The number of likely N-dealkylation sites (tertiary alicyclic amines) is 2. The fraction of sp³-hybridized carbons (Fsp3) is 0.864. The van der Waals surface area contributed by atoms with E-state index in [0.29, 0.717) is 18.0 Å². The van der Waals surface area contributed by atoms with E-state index >= 15 is 0 Å². The van der Waals surface area contributed by atoms with Crippen molar-refractivity contribution in [1.29, 1.82) is 0 Å². The first kappa shape index (κ1) is 26.4. The Morgan fingerprint density at radius 2 is 1.29 bits per heavy atom. The molecule has 2 heterocycles. The summed E-state index contributed by atoms with van der Waals surface area (Å²) in [6.45, 7) is 19.9. The van der Waals surface area contributed by atoms with Crippen LogP contribution < -0.4 is 5.32 Å². The van der Waals surface area contributed by atoms with E-state index < -0.39 is 5.41 Å². The van der Waals surface area contributed by atoms with Crippen LogP contribution in [0.2, 0.25) is 0 Å². The second-order valence-electron chi connectivity index (χ2n) is 10.2. The maximum atomic E-state index is 11.9. The van der Waals surface area contributed by atoms with E-state index in [1.165, 1.54) is 0 Å². The Balaban J connectivity index is 0.000000504. The normalized spacial score (nSPS) is 29.5. The third kappa shape index (κ3) is 5.26. The van der Waals surface area contributed by atoms with Crippen LogP contribution in [0.1, 0.15) is 76.7 Å². The van der Waals surface area contributed by atoms with E-state index in [2.05, 4.69) is 26.1 Å². The highest BCUT2D eigenvalue weighted by Crippen LogP contribution is 2.35. The first-order chi connectivity index (χ1) is 12.0. The van der Waals surface area contributed by atoms with Crippen LogP contribution in [-0.2, 0) is 14.4 Å². The summed E-state index contributed by atoms with van der Waals surface area (Å²) in [6, 6.07) is 0.615. The maximum absolute atomic E-state index is 11.9. The average Bonchev–Trinajstić information content (AvgIpc) is 2.56. The Hall–Kier alpha value is -1.59. The minimum atomic E-state index is -0.436. The average molecular weight is 398 g/mol. The highest BCUT2D eigenvalue weighted by molar-refractivity contribution is 5.94. The lowest BCUT2D eigenvalue weighted by molar-refractivity contribution is -0.158. The highest BCUT2D eigenvalue weighted by atomic mass is 16.2. The molecule has 2 aliphatic heterocycles. The molecular weight excluding hydrogens is 354 g/mol. The second kappa shape index (κ2) is 8.83. The number of hydrogen-bond donors (Lipinski definition) is 1. The van der Waals surface area contributed by atoms with Gasteiger partial charge >= 0.3 is 0 Å². The molecule has 0 saturated carbocycles. The first-order valence-electron chi connectivity index (χ1n) is 9.92. The zero-order valence-electron chi connectivity index (χ0n) is 19.0. The van der Waals surface area contributed by atoms with Gasteiger partial charge in [0.15, 0.2) is 0 Å². The number of hydrogen-bond acceptors (Lipinski definition) is 3. The highest BCUT2D eigenvalue weighted by Gasteiger charge is 2.45. The van der Waals surface area contributed by atoms with Crippen molar-refractivity contribution in [3.63, 3.8) is 0 Å². The smallest absolute Gasteiger partial charge is 0.247 e. The molecule has 6 nitrogen and oxygen atoms in total. The molecular formula is C22H43N3O3. The molecule has 3 amide bonds. The number of nitrogens with one attached hydrogen (secondary N) is 1. The number of carbonyl (C=O) groups is 3. The van der Waals surface area contributed by atoms with Crippen molar-refractivity contribution in [2.45, 2.75) is 101 Å². The maximum Gasteiger partial charge on any atom is 0.247 e.